The van der Waals surface area contributed by atoms with Crippen LogP contribution in [0.25, 0.3) is 11.3 Å². The normalized spacial score (nSPS) is 11.4. The molecule has 6 heteroatoms. The van der Waals surface area contributed by atoms with E-state index in [-0.39, 0.29) is 11.6 Å². The predicted molar refractivity (Wildman–Crippen MR) is 151 cm³/mol. The summed E-state index contributed by atoms with van der Waals surface area (Å²) in [6.45, 7) is 3.56. The largest absolute Gasteiger partial charge is 0.497 e. The van der Waals surface area contributed by atoms with Gasteiger partial charge in [0.25, 0.3) is 0 Å². The van der Waals surface area contributed by atoms with E-state index < -0.39 is 0 Å². The first-order valence-corrected chi connectivity index (χ1v) is 14.4. The lowest BCUT2D eigenvalue weighted by Crippen LogP contribution is -2.28. The molecule has 0 atom stereocenters. The topological polar surface area (TPSA) is 70.5 Å². The molecule has 0 saturated heterocycles. The van der Waals surface area contributed by atoms with E-state index in [0.29, 0.717) is 12.4 Å². The highest BCUT2D eigenvalue weighted by Crippen LogP contribution is 2.27. The van der Waals surface area contributed by atoms with Crippen molar-refractivity contribution in [2.45, 2.75) is 116 Å². The van der Waals surface area contributed by atoms with Crippen molar-refractivity contribution in [3.8, 4) is 22.9 Å². The molecule has 0 saturated carbocycles. The van der Waals surface area contributed by atoms with Crippen LogP contribution in [0.5, 0.6) is 11.6 Å². The molecule has 36 heavy (non-hydrogen) atoms. The number of nitrogens with one attached hydrogen (secondary N) is 1. The maximum Gasteiger partial charge on any atom is 0.330 e. The molecule has 0 fully saturated rings. The fraction of sp³-hybridized carbons (Fsp3) is 0.700. The number of ether oxygens (including phenoxy) is 1. The Kier molecular flexibility index (Phi) is 15.1. The van der Waals surface area contributed by atoms with E-state index in [1.165, 1.54) is 101 Å². The second-order valence-corrected chi connectivity index (χ2v) is 10.3. The molecule has 0 radical (unpaired) electrons. The number of aromatic amines is 1. The highest BCUT2D eigenvalue weighted by Gasteiger charge is 2.16. The van der Waals surface area contributed by atoms with Crippen LogP contribution in [0.1, 0.15) is 110 Å². The molecule has 1 aromatic carbocycles. The molecular weight excluding hydrogens is 450 g/mol. The predicted octanol–water partition coefficient (Wildman–Crippen LogP) is 7.71. The molecule has 1 aromatic heterocycles. The summed E-state index contributed by atoms with van der Waals surface area (Å²) >= 11 is 0. The number of nitrogens with zero attached hydrogens (tertiary/aromatic N) is 2. The summed E-state index contributed by atoms with van der Waals surface area (Å²) in [7, 11) is 3.61. The van der Waals surface area contributed by atoms with E-state index in [9.17, 15) is 9.90 Å². The Morgan fingerprint density at radius 2 is 1.28 bits per heavy atom. The molecule has 0 amide bonds. The van der Waals surface area contributed by atoms with Gasteiger partial charge in [0.2, 0.25) is 5.88 Å². The standard InChI is InChI=1S/C30H51N3O3/c1-4-5-6-7-8-9-10-11-12-13-14-15-16-17-18-19-24-32(2)25-33-29(34)28(31-30(33)35)26-20-22-27(36-3)23-21-26/h20-23,34H,4-19,24-25H2,1-3H3,(H,31,35). The van der Waals surface area contributed by atoms with Crippen molar-refractivity contribution in [3.05, 3.63) is 34.7 Å². The summed E-state index contributed by atoms with van der Waals surface area (Å²) in [5.74, 6) is 0.711. The number of hydrogen-bond donors (Lipinski definition) is 2. The SMILES string of the molecule is CCCCCCCCCCCCCCCCCCN(C)Cn1c(O)c(-c2ccc(OC)cc2)[nH]c1=O. The van der Waals surface area contributed by atoms with Gasteiger partial charge in [0.05, 0.1) is 13.8 Å². The van der Waals surface area contributed by atoms with E-state index in [4.69, 9.17) is 4.74 Å². The first kappa shape index (κ1) is 30.0. The minimum atomic E-state index is -0.294. The van der Waals surface area contributed by atoms with Crippen LogP contribution in [0.2, 0.25) is 0 Å². The van der Waals surface area contributed by atoms with Crippen molar-refractivity contribution in [3.63, 3.8) is 0 Å². The van der Waals surface area contributed by atoms with Crippen LogP contribution in [-0.2, 0) is 6.67 Å². The van der Waals surface area contributed by atoms with Gasteiger partial charge < -0.3 is 14.8 Å². The van der Waals surface area contributed by atoms with Gasteiger partial charge in [0.15, 0.2) is 0 Å². The number of aromatic hydroxyl groups is 1. The Morgan fingerprint density at radius 1 is 0.806 bits per heavy atom. The van der Waals surface area contributed by atoms with E-state index in [0.717, 1.165) is 24.3 Å². The lowest BCUT2D eigenvalue weighted by Gasteiger charge is -2.17. The maximum atomic E-state index is 12.4. The Hall–Kier alpha value is -2.21. The van der Waals surface area contributed by atoms with Gasteiger partial charge in [-0.2, -0.15) is 0 Å². The molecule has 0 unspecified atom stereocenters. The summed E-state index contributed by atoms with van der Waals surface area (Å²) in [6, 6.07) is 7.28. The number of H-pyrrole nitrogens is 1. The number of rotatable bonds is 21. The summed E-state index contributed by atoms with van der Waals surface area (Å²) in [5, 5.41) is 10.6. The van der Waals surface area contributed by atoms with Crippen LogP contribution >= 0.6 is 0 Å². The second kappa shape index (κ2) is 18.1. The van der Waals surface area contributed by atoms with Gasteiger partial charge in [0.1, 0.15) is 11.4 Å². The minimum Gasteiger partial charge on any atom is -0.497 e. The average Bonchev–Trinajstić information content (AvgIpc) is 3.16. The van der Waals surface area contributed by atoms with Crippen LogP contribution in [0.15, 0.2) is 29.1 Å². The fourth-order valence-corrected chi connectivity index (χ4v) is 4.79. The third-order valence-corrected chi connectivity index (χ3v) is 7.11. The zero-order valence-electron chi connectivity index (χ0n) is 23.2. The quantitative estimate of drug-likeness (QED) is 0.172. The van der Waals surface area contributed by atoms with Crippen LogP contribution in [0.3, 0.4) is 0 Å². The zero-order chi connectivity index (χ0) is 26.0. The molecule has 204 valence electrons. The van der Waals surface area contributed by atoms with Crippen LogP contribution in [0, 0.1) is 0 Å². The van der Waals surface area contributed by atoms with Crippen LogP contribution in [0.4, 0.5) is 0 Å². The van der Waals surface area contributed by atoms with Gasteiger partial charge in [0, 0.05) is 5.56 Å². The third kappa shape index (κ3) is 11.2. The van der Waals surface area contributed by atoms with E-state index in [1.807, 2.05) is 31.3 Å². The smallest absolute Gasteiger partial charge is 0.330 e. The summed E-state index contributed by atoms with van der Waals surface area (Å²) in [6.07, 6.45) is 21.8. The Morgan fingerprint density at radius 3 is 1.75 bits per heavy atom. The summed E-state index contributed by atoms with van der Waals surface area (Å²) < 4.78 is 6.57. The number of hydrogen-bond acceptors (Lipinski definition) is 4. The van der Waals surface area contributed by atoms with Gasteiger partial charge in [-0.3, -0.25) is 4.90 Å². The lowest BCUT2D eigenvalue weighted by molar-refractivity contribution is 0.243. The van der Waals surface area contributed by atoms with Crippen LogP contribution in [-0.4, -0.2) is 40.3 Å². The Labute approximate surface area is 219 Å². The third-order valence-electron chi connectivity index (χ3n) is 7.11. The van der Waals surface area contributed by atoms with Gasteiger partial charge >= 0.3 is 5.69 Å². The molecule has 0 aliphatic rings. The van der Waals surface area contributed by atoms with E-state index in [1.54, 1.807) is 7.11 Å². The number of aromatic nitrogens is 2. The Bertz CT molecular complexity index is 873. The van der Waals surface area contributed by atoms with Gasteiger partial charge in [-0.05, 0) is 44.3 Å². The summed E-state index contributed by atoms with van der Waals surface area (Å²) in [4.78, 5) is 17.3. The average molecular weight is 502 g/mol. The number of unbranched alkanes of at least 4 members (excludes halogenated alkanes) is 15. The molecule has 0 bridgehead atoms. The maximum absolute atomic E-state index is 12.4. The second-order valence-electron chi connectivity index (χ2n) is 10.3. The van der Waals surface area contributed by atoms with Gasteiger partial charge in [-0.15, -0.1) is 0 Å². The first-order chi connectivity index (χ1) is 17.6. The zero-order valence-corrected chi connectivity index (χ0v) is 23.2. The van der Waals surface area contributed by atoms with Gasteiger partial charge in [-0.1, -0.05) is 103 Å². The monoisotopic (exact) mass is 501 g/mol. The van der Waals surface area contributed by atoms with E-state index >= 15 is 0 Å². The highest BCUT2D eigenvalue weighted by molar-refractivity contribution is 5.65. The molecule has 2 N–H and O–H groups in total. The molecule has 0 aliphatic heterocycles. The molecule has 0 spiro atoms. The number of imidazole rings is 1. The van der Waals surface area contributed by atoms with Crippen molar-refractivity contribution in [1.82, 2.24) is 14.5 Å². The van der Waals surface area contributed by atoms with Crippen molar-refractivity contribution < 1.29 is 9.84 Å². The highest BCUT2D eigenvalue weighted by atomic mass is 16.5. The van der Waals surface area contributed by atoms with Gasteiger partial charge in [-0.25, -0.2) is 9.36 Å². The van der Waals surface area contributed by atoms with E-state index in [2.05, 4.69) is 16.8 Å². The molecule has 2 aromatic rings. The Balaban J connectivity index is 1.51. The van der Waals surface area contributed by atoms with Crippen molar-refractivity contribution in [2.75, 3.05) is 20.7 Å². The minimum absolute atomic E-state index is 0.0241. The molecule has 2 rings (SSSR count). The van der Waals surface area contributed by atoms with Crippen LogP contribution < -0.4 is 10.4 Å². The van der Waals surface area contributed by atoms with Crippen molar-refractivity contribution in [1.29, 1.82) is 0 Å². The molecule has 6 nitrogen and oxygen atoms in total. The molecular formula is C30H51N3O3. The van der Waals surface area contributed by atoms with Crippen molar-refractivity contribution >= 4 is 0 Å². The lowest BCUT2D eigenvalue weighted by atomic mass is 10.0. The molecule has 1 heterocycles. The van der Waals surface area contributed by atoms with Crippen molar-refractivity contribution in [2.24, 2.45) is 0 Å². The fourth-order valence-electron chi connectivity index (χ4n) is 4.79. The summed E-state index contributed by atoms with van der Waals surface area (Å²) in [5.41, 5.74) is 0.903. The number of methoxy groups -OCH3 is 1. The molecule has 0 aliphatic carbocycles. The number of benzene rings is 1. The first-order valence-electron chi connectivity index (χ1n) is 14.4.